The molecule has 1 aliphatic carbocycles. The fourth-order valence-electron chi connectivity index (χ4n) is 2.66. The average Bonchev–Trinajstić information content (AvgIpc) is 3.19. The molecule has 3 atom stereocenters. The number of nitrogens with one attached hydrogen (secondary N) is 1. The van der Waals surface area contributed by atoms with E-state index in [1.54, 1.807) is 6.07 Å². The number of rotatable bonds is 5. The first-order chi connectivity index (χ1) is 10.9. The molecule has 1 fully saturated rings. The molecule has 1 heterocycles. The van der Waals surface area contributed by atoms with Crippen LogP contribution in [-0.2, 0) is 12.6 Å². The smallest absolute Gasteiger partial charge is 0.339 e. The van der Waals surface area contributed by atoms with Gasteiger partial charge in [-0.3, -0.25) is 0 Å². The second kappa shape index (κ2) is 7.11. The van der Waals surface area contributed by atoms with Crippen LogP contribution in [-0.4, -0.2) is 23.2 Å². The summed E-state index contributed by atoms with van der Waals surface area (Å²) < 4.78 is 43.6. The highest BCUT2D eigenvalue weighted by Crippen LogP contribution is 2.54. The van der Waals surface area contributed by atoms with Gasteiger partial charge in [0.05, 0.1) is 5.56 Å². The van der Waals surface area contributed by atoms with E-state index in [-0.39, 0.29) is 30.3 Å². The summed E-state index contributed by atoms with van der Waals surface area (Å²) in [7, 11) is 1.86. The second-order valence-electron chi connectivity index (χ2n) is 6.01. The molecule has 132 valence electrons. The quantitative estimate of drug-likeness (QED) is 0.876. The lowest BCUT2D eigenvalue weighted by Crippen LogP contribution is -2.24. The predicted molar refractivity (Wildman–Crippen MR) is 85.3 cm³/mol. The summed E-state index contributed by atoms with van der Waals surface area (Å²) >= 11 is 0. The maximum Gasteiger partial charge on any atom is 0.416 e. The van der Waals surface area contributed by atoms with Gasteiger partial charge in [-0.15, -0.1) is 12.4 Å². The Balaban J connectivity index is 0.00000208. The molecule has 3 unspecified atom stereocenters. The largest absolute Gasteiger partial charge is 0.416 e. The minimum atomic E-state index is -4.32. The zero-order valence-electron chi connectivity index (χ0n) is 13.3. The summed E-state index contributed by atoms with van der Waals surface area (Å²) in [6.07, 6.45) is -2.92. The standard InChI is InChI=1S/C16H18F3N3O.ClH/c1-9(20-2)6-14-21-15(23-22-14)13-8-12(13)10-4-3-5-11(7-10)16(17,18)19;/h3-5,7,9,12-13,20H,6,8H2,1-2H3;1H. The zero-order valence-corrected chi connectivity index (χ0v) is 14.1. The van der Waals surface area contributed by atoms with E-state index < -0.39 is 11.7 Å². The highest BCUT2D eigenvalue weighted by Gasteiger charge is 2.44. The van der Waals surface area contributed by atoms with Crippen molar-refractivity contribution in [3.8, 4) is 0 Å². The molecule has 24 heavy (non-hydrogen) atoms. The van der Waals surface area contributed by atoms with Crippen molar-refractivity contribution in [1.82, 2.24) is 15.5 Å². The molecule has 0 amide bonds. The first-order valence-electron chi connectivity index (χ1n) is 7.55. The minimum absolute atomic E-state index is 0. The number of hydrogen-bond acceptors (Lipinski definition) is 4. The first-order valence-corrected chi connectivity index (χ1v) is 7.55. The molecule has 1 N–H and O–H groups in total. The van der Waals surface area contributed by atoms with Crippen molar-refractivity contribution < 1.29 is 17.7 Å². The third-order valence-corrected chi connectivity index (χ3v) is 4.22. The molecular formula is C16H19ClF3N3O. The summed E-state index contributed by atoms with van der Waals surface area (Å²) in [5, 5.41) is 7.04. The van der Waals surface area contributed by atoms with Gasteiger partial charge >= 0.3 is 6.18 Å². The number of likely N-dealkylation sites (N-methyl/N-ethyl adjacent to an activating group) is 1. The Labute approximate surface area is 144 Å². The molecular weight excluding hydrogens is 343 g/mol. The monoisotopic (exact) mass is 361 g/mol. The molecule has 0 saturated heterocycles. The minimum Gasteiger partial charge on any atom is -0.339 e. The van der Waals surface area contributed by atoms with Crippen molar-refractivity contribution in [1.29, 1.82) is 0 Å². The van der Waals surface area contributed by atoms with Gasteiger partial charge in [-0.2, -0.15) is 18.2 Å². The van der Waals surface area contributed by atoms with E-state index in [0.717, 1.165) is 12.5 Å². The fourth-order valence-corrected chi connectivity index (χ4v) is 2.66. The topological polar surface area (TPSA) is 51.0 Å². The van der Waals surface area contributed by atoms with Crippen LogP contribution >= 0.6 is 12.4 Å². The van der Waals surface area contributed by atoms with Crippen LogP contribution in [0.3, 0.4) is 0 Å². The predicted octanol–water partition coefficient (Wildman–Crippen LogP) is 3.93. The number of benzene rings is 1. The molecule has 1 saturated carbocycles. The Bertz CT molecular complexity index is 689. The Morgan fingerprint density at radius 1 is 1.33 bits per heavy atom. The second-order valence-corrected chi connectivity index (χ2v) is 6.01. The molecule has 8 heteroatoms. The van der Waals surface area contributed by atoms with Crippen LogP contribution in [0.5, 0.6) is 0 Å². The zero-order chi connectivity index (χ0) is 16.6. The molecule has 1 aliphatic rings. The maximum atomic E-state index is 12.8. The van der Waals surface area contributed by atoms with Crippen molar-refractivity contribution in [2.24, 2.45) is 0 Å². The number of halogens is 4. The third-order valence-electron chi connectivity index (χ3n) is 4.22. The van der Waals surface area contributed by atoms with E-state index in [2.05, 4.69) is 15.5 Å². The molecule has 1 aromatic heterocycles. The van der Waals surface area contributed by atoms with Crippen LogP contribution in [0, 0.1) is 0 Å². The van der Waals surface area contributed by atoms with Crippen molar-refractivity contribution in [3.05, 3.63) is 47.1 Å². The molecule has 0 radical (unpaired) electrons. The molecule has 1 aromatic carbocycles. The van der Waals surface area contributed by atoms with Crippen LogP contribution < -0.4 is 5.32 Å². The van der Waals surface area contributed by atoms with Crippen LogP contribution in [0.2, 0.25) is 0 Å². The SMILES string of the molecule is CNC(C)Cc1noc(C2CC2c2cccc(C(F)(F)F)c2)n1.Cl. The van der Waals surface area contributed by atoms with Gasteiger partial charge in [-0.05, 0) is 37.9 Å². The summed E-state index contributed by atoms with van der Waals surface area (Å²) in [6, 6.07) is 5.70. The van der Waals surface area contributed by atoms with Gasteiger partial charge in [-0.25, -0.2) is 0 Å². The molecule has 0 spiro atoms. The maximum absolute atomic E-state index is 12.8. The van der Waals surface area contributed by atoms with E-state index in [4.69, 9.17) is 4.52 Å². The van der Waals surface area contributed by atoms with Crippen molar-refractivity contribution in [2.45, 2.75) is 43.8 Å². The molecule has 0 bridgehead atoms. The first kappa shape index (κ1) is 18.7. The highest BCUT2D eigenvalue weighted by atomic mass is 35.5. The van der Waals surface area contributed by atoms with Crippen molar-refractivity contribution >= 4 is 12.4 Å². The summed E-state index contributed by atoms with van der Waals surface area (Å²) in [5.74, 6) is 1.18. The van der Waals surface area contributed by atoms with Crippen LogP contribution in [0.4, 0.5) is 13.2 Å². The van der Waals surface area contributed by atoms with E-state index in [1.807, 2.05) is 14.0 Å². The van der Waals surface area contributed by atoms with E-state index >= 15 is 0 Å². The lowest BCUT2D eigenvalue weighted by Gasteiger charge is -2.08. The lowest BCUT2D eigenvalue weighted by molar-refractivity contribution is -0.137. The Kier molecular flexibility index (Phi) is 5.55. The summed E-state index contributed by atoms with van der Waals surface area (Å²) in [5.41, 5.74) is 0.0582. The molecule has 4 nitrogen and oxygen atoms in total. The number of hydrogen-bond donors (Lipinski definition) is 1. The number of nitrogens with zero attached hydrogens (tertiary/aromatic N) is 2. The van der Waals surface area contributed by atoms with Crippen LogP contribution in [0.1, 0.15) is 48.0 Å². The van der Waals surface area contributed by atoms with Gasteiger partial charge in [-0.1, -0.05) is 23.4 Å². The van der Waals surface area contributed by atoms with Gasteiger partial charge in [0.15, 0.2) is 5.82 Å². The van der Waals surface area contributed by atoms with Crippen LogP contribution in [0.15, 0.2) is 28.8 Å². The normalized spacial score (nSPS) is 21.2. The summed E-state index contributed by atoms with van der Waals surface area (Å²) in [6.45, 7) is 2.01. The number of alkyl halides is 3. The van der Waals surface area contributed by atoms with E-state index in [9.17, 15) is 13.2 Å². The van der Waals surface area contributed by atoms with E-state index in [0.29, 0.717) is 23.7 Å². The van der Waals surface area contributed by atoms with Gasteiger partial charge in [0.2, 0.25) is 5.89 Å². The third kappa shape index (κ3) is 4.08. The lowest BCUT2D eigenvalue weighted by atomic mass is 10.1. The van der Waals surface area contributed by atoms with Gasteiger partial charge in [0.1, 0.15) is 0 Å². The average molecular weight is 362 g/mol. The highest BCUT2D eigenvalue weighted by molar-refractivity contribution is 5.85. The van der Waals surface area contributed by atoms with Gasteiger partial charge < -0.3 is 9.84 Å². The molecule has 0 aliphatic heterocycles. The van der Waals surface area contributed by atoms with E-state index in [1.165, 1.54) is 12.1 Å². The Hall–Kier alpha value is -1.60. The van der Waals surface area contributed by atoms with Crippen molar-refractivity contribution in [2.75, 3.05) is 7.05 Å². The van der Waals surface area contributed by atoms with Crippen LogP contribution in [0.25, 0.3) is 0 Å². The Morgan fingerprint density at radius 2 is 2.08 bits per heavy atom. The Morgan fingerprint density at radius 3 is 2.75 bits per heavy atom. The number of aromatic nitrogens is 2. The fraction of sp³-hybridized carbons (Fsp3) is 0.500. The summed E-state index contributed by atoms with van der Waals surface area (Å²) in [4.78, 5) is 4.37. The van der Waals surface area contributed by atoms with Gasteiger partial charge in [0.25, 0.3) is 0 Å². The van der Waals surface area contributed by atoms with Gasteiger partial charge in [0, 0.05) is 18.4 Å². The molecule has 3 rings (SSSR count). The van der Waals surface area contributed by atoms with Crippen molar-refractivity contribution in [3.63, 3.8) is 0 Å². The molecule has 2 aromatic rings.